The van der Waals surface area contributed by atoms with E-state index >= 15 is 0 Å². The molecule has 1 atom stereocenters. The highest BCUT2D eigenvalue weighted by atomic mass is 35.5. The molecule has 0 heterocycles. The van der Waals surface area contributed by atoms with Gasteiger partial charge in [-0.25, -0.2) is 0 Å². The van der Waals surface area contributed by atoms with Gasteiger partial charge in [-0.2, -0.15) is 0 Å². The van der Waals surface area contributed by atoms with Crippen LogP contribution in [-0.2, 0) is 0 Å². The number of hydrogen-bond donors (Lipinski definition) is 2. The summed E-state index contributed by atoms with van der Waals surface area (Å²) in [6.07, 6.45) is 0. The van der Waals surface area contributed by atoms with E-state index in [9.17, 15) is 0 Å². The maximum atomic E-state index is 6.18. The summed E-state index contributed by atoms with van der Waals surface area (Å²) in [4.78, 5) is 0. The van der Waals surface area contributed by atoms with E-state index in [0.717, 1.165) is 5.56 Å². The summed E-state index contributed by atoms with van der Waals surface area (Å²) in [6, 6.07) is 3.56. The number of halogens is 2. The van der Waals surface area contributed by atoms with Crippen molar-refractivity contribution in [2.24, 2.45) is 17.4 Å². The van der Waals surface area contributed by atoms with Gasteiger partial charge in [-0.05, 0) is 44.0 Å². The second-order valence-corrected chi connectivity index (χ2v) is 5.10. The summed E-state index contributed by atoms with van der Waals surface area (Å²) in [5.41, 5.74) is 12.4. The molecule has 0 saturated carbocycles. The lowest BCUT2D eigenvalue weighted by Crippen LogP contribution is -2.28. The Morgan fingerprint density at radius 1 is 1.22 bits per heavy atom. The van der Waals surface area contributed by atoms with Crippen molar-refractivity contribution >= 4 is 23.2 Å². The fourth-order valence-electron chi connectivity index (χ4n) is 1.97. The molecule has 1 unspecified atom stereocenters. The second kappa shape index (κ2) is 7.19. The molecule has 3 nitrogen and oxygen atoms in total. The fraction of sp³-hybridized carbons (Fsp3) is 0.538. The average Bonchev–Trinajstić information content (AvgIpc) is 2.33. The van der Waals surface area contributed by atoms with E-state index in [4.69, 9.17) is 39.4 Å². The van der Waals surface area contributed by atoms with Crippen molar-refractivity contribution in [3.05, 3.63) is 27.7 Å². The molecular formula is C13H20Cl2N2O. The molecule has 0 amide bonds. The van der Waals surface area contributed by atoms with Gasteiger partial charge in [0.15, 0.2) is 0 Å². The van der Waals surface area contributed by atoms with Crippen molar-refractivity contribution in [3.63, 3.8) is 0 Å². The summed E-state index contributed by atoms with van der Waals surface area (Å²) in [5, 5.41) is 1.12. The molecule has 4 N–H and O–H groups in total. The van der Waals surface area contributed by atoms with Gasteiger partial charge in [-0.1, -0.05) is 30.1 Å². The van der Waals surface area contributed by atoms with E-state index in [-0.39, 0.29) is 11.8 Å². The first-order valence-electron chi connectivity index (χ1n) is 6.06. The second-order valence-electron chi connectivity index (χ2n) is 4.26. The van der Waals surface area contributed by atoms with Gasteiger partial charge in [0, 0.05) is 10.6 Å². The monoisotopic (exact) mass is 290 g/mol. The maximum Gasteiger partial charge on any atom is 0.141 e. The Labute approximate surface area is 118 Å². The van der Waals surface area contributed by atoms with Crippen molar-refractivity contribution in [2.75, 3.05) is 19.7 Å². The van der Waals surface area contributed by atoms with Crippen LogP contribution in [0.2, 0.25) is 10.0 Å². The Bertz CT molecular complexity index is 395. The van der Waals surface area contributed by atoms with E-state index in [2.05, 4.69) is 6.92 Å². The van der Waals surface area contributed by atoms with Gasteiger partial charge >= 0.3 is 0 Å². The van der Waals surface area contributed by atoms with Crippen LogP contribution in [0.3, 0.4) is 0 Å². The molecule has 0 aliphatic heterocycles. The van der Waals surface area contributed by atoms with E-state index in [0.29, 0.717) is 35.5 Å². The first-order valence-corrected chi connectivity index (χ1v) is 6.82. The summed E-state index contributed by atoms with van der Waals surface area (Å²) in [7, 11) is 0. The topological polar surface area (TPSA) is 61.3 Å². The molecular weight excluding hydrogens is 271 g/mol. The van der Waals surface area contributed by atoms with E-state index < -0.39 is 0 Å². The summed E-state index contributed by atoms with van der Waals surface area (Å²) < 4.78 is 5.61. The minimum atomic E-state index is 0.151. The Morgan fingerprint density at radius 3 is 2.33 bits per heavy atom. The predicted octanol–water partition coefficient (Wildman–Crippen LogP) is 3.03. The number of hydrogen-bond acceptors (Lipinski definition) is 3. The minimum absolute atomic E-state index is 0.151. The van der Waals surface area contributed by atoms with E-state index in [1.54, 1.807) is 6.07 Å². The summed E-state index contributed by atoms with van der Waals surface area (Å²) in [5.74, 6) is 1.01. The van der Waals surface area contributed by atoms with Gasteiger partial charge in [0.25, 0.3) is 0 Å². The lowest BCUT2D eigenvalue weighted by Gasteiger charge is -2.24. The number of rotatable bonds is 6. The van der Waals surface area contributed by atoms with Gasteiger partial charge in [0.2, 0.25) is 0 Å². The smallest absolute Gasteiger partial charge is 0.141 e. The maximum absolute atomic E-state index is 6.18. The Morgan fingerprint density at radius 2 is 1.83 bits per heavy atom. The summed E-state index contributed by atoms with van der Waals surface area (Å²) >= 11 is 12.2. The Hall–Kier alpha value is -0.480. The highest BCUT2D eigenvalue weighted by Gasteiger charge is 2.22. The average molecular weight is 291 g/mol. The van der Waals surface area contributed by atoms with E-state index in [1.165, 1.54) is 0 Å². The Kier molecular flexibility index (Phi) is 6.22. The molecule has 102 valence electrons. The number of benzene rings is 1. The number of nitrogens with two attached hydrogens (primary N) is 2. The van der Waals surface area contributed by atoms with Crippen LogP contribution in [0.4, 0.5) is 0 Å². The molecule has 0 spiro atoms. The zero-order valence-corrected chi connectivity index (χ0v) is 12.3. The van der Waals surface area contributed by atoms with Gasteiger partial charge in [-0.15, -0.1) is 0 Å². The van der Waals surface area contributed by atoms with Gasteiger partial charge in [-0.3, -0.25) is 0 Å². The van der Waals surface area contributed by atoms with Crippen molar-refractivity contribution < 1.29 is 4.74 Å². The molecule has 0 aliphatic rings. The standard InChI is InChI=1S/C13H20Cl2N2O/c1-3-18-13-11(4-10(14)5-12(13)15)8(2)9(6-16)7-17/h4-5,8-9H,3,6-7,16-17H2,1-2H3. The van der Waals surface area contributed by atoms with Crippen LogP contribution in [0.15, 0.2) is 12.1 Å². The predicted molar refractivity (Wildman–Crippen MR) is 77.6 cm³/mol. The Balaban J connectivity index is 3.19. The van der Waals surface area contributed by atoms with Gasteiger partial charge in [0.1, 0.15) is 5.75 Å². The zero-order valence-electron chi connectivity index (χ0n) is 10.7. The lowest BCUT2D eigenvalue weighted by atomic mass is 9.87. The van der Waals surface area contributed by atoms with Crippen LogP contribution in [-0.4, -0.2) is 19.7 Å². The SMILES string of the molecule is CCOc1c(Cl)cc(Cl)cc1C(C)C(CN)CN. The van der Waals surface area contributed by atoms with Crippen molar-refractivity contribution in [1.29, 1.82) is 0 Å². The minimum Gasteiger partial charge on any atom is -0.492 e. The molecule has 0 radical (unpaired) electrons. The fourth-order valence-corrected chi connectivity index (χ4v) is 2.54. The molecule has 0 bridgehead atoms. The molecule has 0 fully saturated rings. The summed E-state index contributed by atoms with van der Waals surface area (Å²) in [6.45, 7) is 5.58. The molecule has 1 rings (SSSR count). The van der Waals surface area contributed by atoms with Crippen LogP contribution in [0.5, 0.6) is 5.75 Å². The molecule has 1 aromatic carbocycles. The third-order valence-corrected chi connectivity index (χ3v) is 3.63. The first-order chi connectivity index (χ1) is 8.54. The lowest BCUT2D eigenvalue weighted by molar-refractivity contribution is 0.329. The highest BCUT2D eigenvalue weighted by molar-refractivity contribution is 6.35. The largest absolute Gasteiger partial charge is 0.492 e. The number of ether oxygens (including phenoxy) is 1. The third-order valence-electron chi connectivity index (χ3n) is 3.13. The third kappa shape index (κ3) is 3.51. The van der Waals surface area contributed by atoms with Crippen LogP contribution < -0.4 is 16.2 Å². The zero-order chi connectivity index (χ0) is 13.7. The van der Waals surface area contributed by atoms with Crippen LogP contribution in [0.1, 0.15) is 25.3 Å². The van der Waals surface area contributed by atoms with Crippen molar-refractivity contribution in [2.45, 2.75) is 19.8 Å². The molecule has 18 heavy (non-hydrogen) atoms. The van der Waals surface area contributed by atoms with Crippen molar-refractivity contribution in [1.82, 2.24) is 0 Å². The van der Waals surface area contributed by atoms with E-state index in [1.807, 2.05) is 13.0 Å². The molecule has 0 saturated heterocycles. The normalized spacial score (nSPS) is 12.8. The van der Waals surface area contributed by atoms with Gasteiger partial charge < -0.3 is 16.2 Å². The molecule has 0 aromatic heterocycles. The molecule has 5 heteroatoms. The molecule has 1 aromatic rings. The van der Waals surface area contributed by atoms with Crippen LogP contribution >= 0.6 is 23.2 Å². The molecule has 0 aliphatic carbocycles. The van der Waals surface area contributed by atoms with Crippen LogP contribution in [0, 0.1) is 5.92 Å². The van der Waals surface area contributed by atoms with Crippen LogP contribution in [0.25, 0.3) is 0 Å². The highest BCUT2D eigenvalue weighted by Crippen LogP contribution is 2.39. The first kappa shape index (κ1) is 15.6. The van der Waals surface area contributed by atoms with Crippen molar-refractivity contribution in [3.8, 4) is 5.75 Å². The quantitative estimate of drug-likeness (QED) is 0.847. The van der Waals surface area contributed by atoms with Gasteiger partial charge in [0.05, 0.1) is 11.6 Å².